The van der Waals surface area contributed by atoms with E-state index in [0.29, 0.717) is 5.92 Å². The molecule has 1 atom stereocenters. The highest BCUT2D eigenvalue weighted by Gasteiger charge is 2.09. The average Bonchev–Trinajstić information content (AvgIpc) is 2.16. The second-order valence-corrected chi connectivity index (χ2v) is 3.95. The topological polar surface area (TPSA) is 41.5 Å². The summed E-state index contributed by atoms with van der Waals surface area (Å²) >= 11 is 0. The number of hydrogen-bond acceptors (Lipinski definition) is 3. The lowest BCUT2D eigenvalue weighted by atomic mass is 10.1. The van der Waals surface area contributed by atoms with Crippen molar-refractivity contribution in [1.29, 1.82) is 0 Å². The van der Waals surface area contributed by atoms with Crippen LogP contribution in [0.3, 0.4) is 0 Å². The molecule has 0 amide bonds. The molecule has 0 aromatic carbocycles. The first kappa shape index (κ1) is 13.9. The van der Waals surface area contributed by atoms with Crippen LogP contribution < -0.4 is 5.32 Å². The lowest BCUT2D eigenvalue weighted by Crippen LogP contribution is -2.38. The van der Waals surface area contributed by atoms with Crippen molar-refractivity contribution in [3.05, 3.63) is 0 Å². The third kappa shape index (κ3) is 7.30. The summed E-state index contributed by atoms with van der Waals surface area (Å²) in [5.74, 6) is 0.468. The molecule has 0 radical (unpaired) electrons. The summed E-state index contributed by atoms with van der Waals surface area (Å²) in [6, 6.07) is 0.199. The minimum atomic E-state index is 0.199. The molecule has 0 saturated heterocycles. The Kier molecular flexibility index (Phi) is 9.35. The maximum absolute atomic E-state index is 9.03. The molecule has 0 aliphatic heterocycles. The summed E-state index contributed by atoms with van der Waals surface area (Å²) in [5, 5.41) is 12.3. The summed E-state index contributed by atoms with van der Waals surface area (Å²) < 4.78 is 5.40. The number of aliphatic hydroxyl groups is 1. The van der Waals surface area contributed by atoms with Crippen LogP contribution in [0.5, 0.6) is 0 Å². The number of ether oxygens (including phenoxy) is 1. The van der Waals surface area contributed by atoms with Gasteiger partial charge in [0.1, 0.15) is 0 Å². The largest absolute Gasteiger partial charge is 0.395 e. The molecule has 0 aromatic rings. The van der Waals surface area contributed by atoms with E-state index in [1.165, 1.54) is 6.42 Å². The van der Waals surface area contributed by atoms with E-state index in [9.17, 15) is 0 Å². The third-order valence-electron chi connectivity index (χ3n) is 2.30. The average molecular weight is 203 g/mol. The van der Waals surface area contributed by atoms with E-state index >= 15 is 0 Å². The van der Waals surface area contributed by atoms with Crippen molar-refractivity contribution in [3.63, 3.8) is 0 Å². The van der Waals surface area contributed by atoms with Crippen LogP contribution in [0.2, 0.25) is 0 Å². The first-order chi connectivity index (χ1) is 6.72. The highest BCUT2D eigenvalue weighted by Crippen LogP contribution is 1.99. The molecule has 0 spiro atoms. The fraction of sp³-hybridized carbons (Fsp3) is 1.00. The second kappa shape index (κ2) is 9.44. The van der Waals surface area contributed by atoms with Crippen LogP contribution in [0.15, 0.2) is 0 Å². The molecule has 0 fully saturated rings. The Labute approximate surface area is 87.8 Å². The van der Waals surface area contributed by atoms with E-state index in [1.54, 1.807) is 0 Å². The van der Waals surface area contributed by atoms with E-state index in [4.69, 9.17) is 9.84 Å². The highest BCUT2D eigenvalue weighted by molar-refractivity contribution is 4.68. The van der Waals surface area contributed by atoms with Crippen LogP contribution in [0.1, 0.15) is 33.6 Å². The molecule has 0 rings (SSSR count). The Morgan fingerprint density at radius 3 is 2.50 bits per heavy atom. The van der Waals surface area contributed by atoms with Gasteiger partial charge in [-0.1, -0.05) is 27.2 Å². The Morgan fingerprint density at radius 2 is 2.00 bits per heavy atom. The minimum absolute atomic E-state index is 0.199. The van der Waals surface area contributed by atoms with E-state index in [0.717, 1.165) is 26.2 Å². The van der Waals surface area contributed by atoms with Crippen molar-refractivity contribution < 1.29 is 9.84 Å². The molecule has 0 saturated carbocycles. The molecule has 0 bridgehead atoms. The van der Waals surface area contributed by atoms with E-state index in [2.05, 4.69) is 26.1 Å². The van der Waals surface area contributed by atoms with Crippen LogP contribution in [-0.2, 0) is 4.74 Å². The summed E-state index contributed by atoms with van der Waals surface area (Å²) in [6.45, 7) is 8.98. The van der Waals surface area contributed by atoms with Crippen LogP contribution in [-0.4, -0.2) is 37.5 Å². The summed E-state index contributed by atoms with van der Waals surface area (Å²) in [7, 11) is 0. The van der Waals surface area contributed by atoms with E-state index < -0.39 is 0 Å². The molecular formula is C11H25NO2. The van der Waals surface area contributed by atoms with Crippen LogP contribution in [0.25, 0.3) is 0 Å². The van der Waals surface area contributed by atoms with Crippen LogP contribution >= 0.6 is 0 Å². The zero-order valence-electron chi connectivity index (χ0n) is 9.75. The van der Waals surface area contributed by atoms with Crippen molar-refractivity contribution >= 4 is 0 Å². The predicted octanol–water partition coefficient (Wildman–Crippen LogP) is 1.41. The van der Waals surface area contributed by atoms with Gasteiger partial charge in [-0.3, -0.25) is 0 Å². The van der Waals surface area contributed by atoms with Gasteiger partial charge in [0, 0.05) is 19.2 Å². The number of hydrogen-bond donors (Lipinski definition) is 2. The monoisotopic (exact) mass is 203 g/mol. The fourth-order valence-electron chi connectivity index (χ4n) is 1.18. The lowest BCUT2D eigenvalue weighted by Gasteiger charge is -2.19. The Hall–Kier alpha value is -0.120. The molecule has 3 heteroatoms. The van der Waals surface area contributed by atoms with Gasteiger partial charge < -0.3 is 15.2 Å². The molecule has 3 nitrogen and oxygen atoms in total. The molecule has 14 heavy (non-hydrogen) atoms. The first-order valence-corrected chi connectivity index (χ1v) is 5.64. The van der Waals surface area contributed by atoms with Gasteiger partial charge in [0.2, 0.25) is 0 Å². The lowest BCUT2D eigenvalue weighted by molar-refractivity contribution is 0.123. The Morgan fingerprint density at radius 1 is 1.29 bits per heavy atom. The van der Waals surface area contributed by atoms with Gasteiger partial charge in [0.15, 0.2) is 0 Å². The van der Waals surface area contributed by atoms with Crippen LogP contribution in [0.4, 0.5) is 0 Å². The molecule has 0 aromatic heterocycles. The molecule has 86 valence electrons. The Balaban J connectivity index is 3.25. The summed E-state index contributed by atoms with van der Waals surface area (Å²) in [4.78, 5) is 0. The molecule has 0 aliphatic carbocycles. The van der Waals surface area contributed by atoms with Crippen molar-refractivity contribution in [3.8, 4) is 0 Å². The van der Waals surface area contributed by atoms with Gasteiger partial charge in [-0.25, -0.2) is 0 Å². The maximum Gasteiger partial charge on any atom is 0.0591 e. The molecule has 1 unspecified atom stereocenters. The van der Waals surface area contributed by atoms with Gasteiger partial charge in [-0.05, 0) is 12.3 Å². The molecule has 2 N–H and O–H groups in total. The van der Waals surface area contributed by atoms with E-state index in [1.807, 2.05) is 0 Å². The number of rotatable bonds is 9. The third-order valence-corrected chi connectivity index (χ3v) is 2.30. The zero-order valence-corrected chi connectivity index (χ0v) is 9.75. The van der Waals surface area contributed by atoms with Gasteiger partial charge in [0.05, 0.1) is 13.2 Å². The molecule has 0 aliphatic rings. The SMILES string of the molecule is CCCCOCCNC(CO)C(C)C. The standard InChI is InChI=1S/C11H25NO2/c1-4-5-7-14-8-6-12-11(9-13)10(2)3/h10-13H,4-9H2,1-3H3. The Bertz CT molecular complexity index is 118. The van der Waals surface area contributed by atoms with Crippen molar-refractivity contribution in [1.82, 2.24) is 5.32 Å². The smallest absolute Gasteiger partial charge is 0.0591 e. The quantitative estimate of drug-likeness (QED) is 0.557. The molecule has 0 heterocycles. The minimum Gasteiger partial charge on any atom is -0.395 e. The van der Waals surface area contributed by atoms with Crippen molar-refractivity contribution in [2.24, 2.45) is 5.92 Å². The summed E-state index contributed by atoms with van der Waals surface area (Å²) in [5.41, 5.74) is 0. The van der Waals surface area contributed by atoms with Gasteiger partial charge in [-0.15, -0.1) is 0 Å². The van der Waals surface area contributed by atoms with Crippen molar-refractivity contribution in [2.75, 3.05) is 26.4 Å². The summed E-state index contributed by atoms with van der Waals surface area (Å²) in [6.07, 6.45) is 2.31. The highest BCUT2D eigenvalue weighted by atomic mass is 16.5. The zero-order chi connectivity index (χ0) is 10.8. The van der Waals surface area contributed by atoms with Crippen molar-refractivity contribution in [2.45, 2.75) is 39.7 Å². The molecular weight excluding hydrogens is 178 g/mol. The maximum atomic E-state index is 9.03. The van der Waals surface area contributed by atoms with Gasteiger partial charge >= 0.3 is 0 Å². The van der Waals surface area contributed by atoms with Crippen LogP contribution in [0, 0.1) is 5.92 Å². The normalized spacial score (nSPS) is 13.5. The predicted molar refractivity (Wildman–Crippen MR) is 59.4 cm³/mol. The number of unbranched alkanes of at least 4 members (excludes halogenated alkanes) is 1. The van der Waals surface area contributed by atoms with Gasteiger partial charge in [-0.2, -0.15) is 0 Å². The first-order valence-electron chi connectivity index (χ1n) is 5.64. The van der Waals surface area contributed by atoms with Gasteiger partial charge in [0.25, 0.3) is 0 Å². The van der Waals surface area contributed by atoms with E-state index in [-0.39, 0.29) is 12.6 Å². The number of aliphatic hydroxyl groups excluding tert-OH is 1. The second-order valence-electron chi connectivity index (χ2n) is 3.95. The number of nitrogens with one attached hydrogen (secondary N) is 1. The fourth-order valence-corrected chi connectivity index (χ4v) is 1.18.